The Kier molecular flexibility index (Phi) is 9.58. The Morgan fingerprint density at radius 3 is 1.24 bits per heavy atom. The highest BCUT2D eigenvalue weighted by Crippen LogP contribution is 2.71. The molecule has 4 fully saturated rings. The van der Waals surface area contributed by atoms with E-state index in [1.165, 1.54) is 60.1 Å². The predicted molar refractivity (Wildman–Crippen MR) is 234 cm³/mol. The average molecular weight is 723 g/mol. The molecule has 0 radical (unpaired) electrons. The van der Waals surface area contributed by atoms with Crippen LogP contribution in [0.2, 0.25) is 0 Å². The van der Waals surface area contributed by atoms with Gasteiger partial charge in [0.2, 0.25) is 0 Å². The third-order valence-corrected chi connectivity index (χ3v) is 17.2. The Balaban J connectivity index is 1.28. The van der Waals surface area contributed by atoms with Crippen molar-refractivity contribution in [2.75, 3.05) is 0 Å². The second-order valence-electron chi connectivity index (χ2n) is 23.4. The van der Waals surface area contributed by atoms with Crippen molar-refractivity contribution in [1.82, 2.24) is 0 Å². The molecule has 0 heterocycles. The van der Waals surface area contributed by atoms with Crippen molar-refractivity contribution in [3.63, 3.8) is 0 Å². The van der Waals surface area contributed by atoms with Crippen molar-refractivity contribution in [2.45, 2.75) is 133 Å². The molecule has 4 aliphatic rings. The summed E-state index contributed by atoms with van der Waals surface area (Å²) in [6.07, 6.45) is 8.35. The van der Waals surface area contributed by atoms with E-state index in [9.17, 15) is 0 Å². The van der Waals surface area contributed by atoms with Crippen LogP contribution in [0.15, 0.2) is 84.9 Å². The first kappa shape index (κ1) is 38.3. The van der Waals surface area contributed by atoms with Crippen LogP contribution in [0.1, 0.15) is 145 Å². The lowest BCUT2D eigenvalue weighted by atomic mass is 9.53. The van der Waals surface area contributed by atoms with E-state index in [0.717, 1.165) is 47.3 Å². The first-order chi connectivity index (χ1) is 25.4. The molecule has 4 aromatic carbocycles. The molecular formula is C54H74. The van der Waals surface area contributed by atoms with Gasteiger partial charge in [-0.05, 0) is 164 Å². The number of fused-ring (bicyclic) bond motifs is 5. The number of benzene rings is 4. The van der Waals surface area contributed by atoms with E-state index in [4.69, 9.17) is 0 Å². The molecular weight excluding hydrogens is 649 g/mol. The topological polar surface area (TPSA) is 0 Å². The number of rotatable bonds is 4. The second kappa shape index (κ2) is 13.5. The van der Waals surface area contributed by atoms with Crippen LogP contribution in [0.5, 0.6) is 0 Å². The van der Waals surface area contributed by atoms with Crippen LogP contribution in [0.4, 0.5) is 0 Å². The zero-order valence-corrected chi connectivity index (χ0v) is 36.3. The maximum absolute atomic E-state index is 2.80. The van der Waals surface area contributed by atoms with Crippen LogP contribution in [0.25, 0.3) is 21.5 Å². The summed E-state index contributed by atoms with van der Waals surface area (Å²) in [7, 11) is 0. The highest BCUT2D eigenvalue weighted by atomic mass is 14.7. The molecule has 8 rings (SSSR count). The van der Waals surface area contributed by atoms with Crippen molar-refractivity contribution in [1.29, 1.82) is 0 Å². The van der Waals surface area contributed by atoms with Gasteiger partial charge in [-0.25, -0.2) is 0 Å². The quantitative estimate of drug-likeness (QED) is 0.197. The van der Waals surface area contributed by atoms with Gasteiger partial charge in [0.05, 0.1) is 0 Å². The molecule has 0 aliphatic heterocycles. The molecule has 4 saturated carbocycles. The van der Waals surface area contributed by atoms with E-state index in [-0.39, 0.29) is 10.8 Å². The van der Waals surface area contributed by atoms with Crippen molar-refractivity contribution in [3.8, 4) is 0 Å². The molecule has 4 aromatic rings. The summed E-state index contributed by atoms with van der Waals surface area (Å²) in [6, 6.07) is 33.1. The van der Waals surface area contributed by atoms with Gasteiger partial charge in [0.1, 0.15) is 0 Å². The summed E-state index contributed by atoms with van der Waals surface area (Å²) in [5.74, 6) is 8.96. The predicted octanol–water partition coefficient (Wildman–Crippen LogP) is 15.6. The van der Waals surface area contributed by atoms with Gasteiger partial charge in [-0.1, -0.05) is 168 Å². The van der Waals surface area contributed by atoms with Crippen molar-refractivity contribution in [3.05, 3.63) is 96.1 Å². The monoisotopic (exact) mass is 723 g/mol. The standard InChI is InChI=1S/C54H74/c1-33-27-36(51(2,3)4)28-47(33)54(11,12)50-45-29-43(39-25-17-21-34-19-13-15-23-37(34)39)48(52(5,6)7)31-41(45)42-32-49(53(8,9)10)44(30-46(42)50)40-26-18-22-35-20-14-16-24-38(35)40/h13-26,33,36,41-50H,27-32H2,1-12H3. The van der Waals surface area contributed by atoms with Gasteiger partial charge in [-0.2, -0.15) is 0 Å². The Labute approximate surface area is 330 Å². The third kappa shape index (κ3) is 6.50. The maximum atomic E-state index is 2.80. The van der Waals surface area contributed by atoms with Gasteiger partial charge in [0.25, 0.3) is 0 Å². The van der Waals surface area contributed by atoms with E-state index in [1.54, 1.807) is 11.1 Å². The van der Waals surface area contributed by atoms with Crippen molar-refractivity contribution in [2.24, 2.45) is 80.8 Å². The summed E-state index contributed by atoms with van der Waals surface area (Å²) >= 11 is 0. The van der Waals surface area contributed by atoms with Crippen molar-refractivity contribution >= 4 is 21.5 Å². The first-order valence-electron chi connectivity index (χ1n) is 22.3. The summed E-state index contributed by atoms with van der Waals surface area (Å²) in [5, 5.41) is 5.84. The Bertz CT molecular complexity index is 1820. The number of hydrogen-bond acceptors (Lipinski definition) is 0. The maximum Gasteiger partial charge on any atom is -0.0120 e. The zero-order valence-electron chi connectivity index (χ0n) is 36.3. The molecule has 4 aliphatic carbocycles. The van der Waals surface area contributed by atoms with Gasteiger partial charge in [-0.3, -0.25) is 0 Å². The fourth-order valence-electron chi connectivity index (χ4n) is 14.7. The average Bonchev–Trinajstić information content (AvgIpc) is 3.68. The SMILES string of the molecule is CC1CC(C(C)(C)C)CC1C(C)(C)C1C2CC(c3cccc4ccccc34)C(C(C)(C)C)CC2C2CC(C(C)(C)C)C(c3cccc4ccccc34)CC21. The highest BCUT2D eigenvalue weighted by Gasteiger charge is 2.63. The van der Waals surface area contributed by atoms with Crippen LogP contribution < -0.4 is 0 Å². The lowest BCUT2D eigenvalue weighted by molar-refractivity contribution is -0.00861. The minimum atomic E-state index is 0.263. The van der Waals surface area contributed by atoms with Gasteiger partial charge in [-0.15, -0.1) is 0 Å². The fraction of sp³-hybridized carbons (Fsp3) is 0.630. The second-order valence-corrected chi connectivity index (χ2v) is 23.4. The molecule has 11 unspecified atom stereocenters. The Morgan fingerprint density at radius 2 is 0.833 bits per heavy atom. The van der Waals surface area contributed by atoms with Crippen LogP contribution in [0, 0.1) is 80.8 Å². The van der Waals surface area contributed by atoms with Crippen LogP contribution >= 0.6 is 0 Å². The summed E-state index contributed by atoms with van der Waals surface area (Å²) < 4.78 is 0. The molecule has 0 amide bonds. The molecule has 0 saturated heterocycles. The molecule has 0 nitrogen and oxygen atoms in total. The summed E-state index contributed by atoms with van der Waals surface area (Å²) in [6.45, 7) is 31.3. The Morgan fingerprint density at radius 1 is 0.407 bits per heavy atom. The molecule has 0 aromatic heterocycles. The fourth-order valence-corrected chi connectivity index (χ4v) is 14.7. The van der Waals surface area contributed by atoms with Gasteiger partial charge < -0.3 is 0 Å². The molecule has 11 atom stereocenters. The van der Waals surface area contributed by atoms with Crippen LogP contribution in [0.3, 0.4) is 0 Å². The van der Waals surface area contributed by atoms with Gasteiger partial charge >= 0.3 is 0 Å². The van der Waals surface area contributed by atoms with Gasteiger partial charge in [0.15, 0.2) is 0 Å². The van der Waals surface area contributed by atoms with E-state index in [2.05, 4.69) is 168 Å². The molecule has 0 N–H and O–H groups in total. The van der Waals surface area contributed by atoms with E-state index in [0.29, 0.717) is 34.5 Å². The highest BCUT2D eigenvalue weighted by molar-refractivity contribution is 5.87. The van der Waals surface area contributed by atoms with E-state index < -0.39 is 0 Å². The summed E-state index contributed by atoms with van der Waals surface area (Å²) in [5.41, 5.74) is 4.49. The van der Waals surface area contributed by atoms with E-state index >= 15 is 0 Å². The normalized spacial score (nSPS) is 35.0. The first-order valence-corrected chi connectivity index (χ1v) is 22.3. The molecule has 0 heteroatoms. The largest absolute Gasteiger partial charge is 0.0622 e. The molecule has 0 spiro atoms. The minimum absolute atomic E-state index is 0.263. The van der Waals surface area contributed by atoms with Gasteiger partial charge in [0, 0.05) is 0 Å². The Hall–Kier alpha value is -2.60. The summed E-state index contributed by atoms with van der Waals surface area (Å²) in [4.78, 5) is 0. The minimum Gasteiger partial charge on any atom is -0.0622 e. The van der Waals surface area contributed by atoms with Crippen LogP contribution in [-0.4, -0.2) is 0 Å². The van der Waals surface area contributed by atoms with Crippen LogP contribution in [-0.2, 0) is 0 Å². The smallest absolute Gasteiger partial charge is 0.0120 e. The van der Waals surface area contributed by atoms with Crippen molar-refractivity contribution < 1.29 is 0 Å². The molecule has 0 bridgehead atoms. The lowest BCUT2D eigenvalue weighted by Gasteiger charge is -2.51. The molecule has 290 valence electrons. The lowest BCUT2D eigenvalue weighted by Crippen LogP contribution is -2.44. The number of hydrogen-bond donors (Lipinski definition) is 0. The zero-order chi connectivity index (χ0) is 38.5. The van der Waals surface area contributed by atoms with E-state index in [1.807, 2.05) is 0 Å². The third-order valence-electron chi connectivity index (χ3n) is 17.2. The molecule has 54 heavy (non-hydrogen) atoms.